The fraction of sp³-hybridized carbons (Fsp3) is 0.294. The zero-order chi connectivity index (χ0) is 15.4. The summed E-state index contributed by atoms with van der Waals surface area (Å²) in [6.07, 6.45) is 0.992. The molecule has 2 N–H and O–H groups in total. The number of ether oxygens (including phenoxy) is 1. The third-order valence-electron chi connectivity index (χ3n) is 3.34. The van der Waals surface area contributed by atoms with E-state index in [9.17, 15) is 0 Å². The molecule has 0 fully saturated rings. The number of benzene rings is 2. The lowest BCUT2D eigenvalue weighted by Gasteiger charge is -2.17. The van der Waals surface area contributed by atoms with Crippen molar-refractivity contribution < 1.29 is 4.74 Å². The molecule has 112 valence electrons. The highest BCUT2D eigenvalue weighted by atomic mass is 79.9. The molecular weight excluding hydrogens is 394 g/mol. The van der Waals surface area contributed by atoms with Crippen LogP contribution in [-0.4, -0.2) is 6.61 Å². The maximum Gasteiger partial charge on any atom is 0.133 e. The van der Waals surface area contributed by atoms with Crippen LogP contribution in [0.4, 0.5) is 0 Å². The first kappa shape index (κ1) is 16.5. The van der Waals surface area contributed by atoms with E-state index in [0.29, 0.717) is 0 Å². The highest BCUT2D eigenvalue weighted by Gasteiger charge is 2.13. The first-order valence-electron chi connectivity index (χ1n) is 6.96. The Hall–Kier alpha value is -0.840. The number of rotatable bonds is 5. The van der Waals surface area contributed by atoms with Gasteiger partial charge in [0.05, 0.1) is 17.1 Å². The third kappa shape index (κ3) is 4.09. The van der Waals surface area contributed by atoms with Crippen molar-refractivity contribution in [3.05, 3.63) is 62.0 Å². The molecule has 0 aromatic heterocycles. The lowest BCUT2D eigenvalue weighted by atomic mass is 9.96. The van der Waals surface area contributed by atoms with Gasteiger partial charge in [0.2, 0.25) is 0 Å². The van der Waals surface area contributed by atoms with E-state index >= 15 is 0 Å². The summed E-state index contributed by atoms with van der Waals surface area (Å²) in [5.41, 5.74) is 9.79. The molecule has 0 amide bonds. The maximum absolute atomic E-state index is 6.41. The Bertz CT molecular complexity index is 628. The van der Waals surface area contributed by atoms with E-state index in [4.69, 9.17) is 10.5 Å². The van der Waals surface area contributed by atoms with Gasteiger partial charge in [0.1, 0.15) is 5.75 Å². The van der Waals surface area contributed by atoms with E-state index < -0.39 is 0 Å². The van der Waals surface area contributed by atoms with E-state index in [2.05, 4.69) is 57.8 Å². The van der Waals surface area contributed by atoms with Gasteiger partial charge in [-0.2, -0.15) is 0 Å². The number of halogens is 2. The second-order valence-corrected chi connectivity index (χ2v) is 6.79. The Morgan fingerprint density at radius 3 is 2.52 bits per heavy atom. The minimum Gasteiger partial charge on any atom is -0.492 e. The van der Waals surface area contributed by atoms with Gasteiger partial charge in [-0.05, 0) is 70.2 Å². The Labute approximate surface area is 143 Å². The quantitative estimate of drug-likeness (QED) is 0.717. The van der Waals surface area contributed by atoms with Crippen molar-refractivity contribution in [1.29, 1.82) is 0 Å². The molecule has 21 heavy (non-hydrogen) atoms. The van der Waals surface area contributed by atoms with Gasteiger partial charge in [0.15, 0.2) is 0 Å². The molecule has 0 saturated heterocycles. The highest BCUT2D eigenvalue weighted by Crippen LogP contribution is 2.31. The number of hydrogen-bond acceptors (Lipinski definition) is 2. The summed E-state index contributed by atoms with van der Waals surface area (Å²) >= 11 is 7.04. The zero-order valence-corrected chi connectivity index (χ0v) is 15.4. The van der Waals surface area contributed by atoms with Crippen molar-refractivity contribution in [2.45, 2.75) is 26.3 Å². The van der Waals surface area contributed by atoms with Crippen molar-refractivity contribution >= 4 is 31.9 Å². The van der Waals surface area contributed by atoms with Crippen LogP contribution in [0.3, 0.4) is 0 Å². The van der Waals surface area contributed by atoms with Crippen molar-refractivity contribution in [2.24, 2.45) is 5.73 Å². The van der Waals surface area contributed by atoms with Gasteiger partial charge in [0, 0.05) is 4.47 Å². The number of hydrogen-bond donors (Lipinski definition) is 1. The summed E-state index contributed by atoms with van der Waals surface area (Å²) < 4.78 is 7.69. The second kappa shape index (κ2) is 7.43. The van der Waals surface area contributed by atoms with Gasteiger partial charge in [-0.25, -0.2) is 0 Å². The summed E-state index contributed by atoms with van der Waals surface area (Å²) in [6.45, 7) is 4.89. The third-order valence-corrected chi connectivity index (χ3v) is 4.46. The van der Waals surface area contributed by atoms with Gasteiger partial charge in [-0.3, -0.25) is 0 Å². The highest BCUT2D eigenvalue weighted by molar-refractivity contribution is 9.10. The van der Waals surface area contributed by atoms with Crippen LogP contribution in [0, 0.1) is 6.92 Å². The first-order valence-corrected chi connectivity index (χ1v) is 8.55. The van der Waals surface area contributed by atoms with Crippen LogP contribution < -0.4 is 10.5 Å². The van der Waals surface area contributed by atoms with Gasteiger partial charge in [-0.1, -0.05) is 35.0 Å². The smallest absolute Gasteiger partial charge is 0.133 e. The lowest BCUT2D eigenvalue weighted by molar-refractivity contribution is 0.315. The minimum absolute atomic E-state index is 0.144. The van der Waals surface area contributed by atoms with Crippen LogP contribution in [0.25, 0.3) is 0 Å². The molecule has 1 unspecified atom stereocenters. The zero-order valence-electron chi connectivity index (χ0n) is 12.2. The van der Waals surface area contributed by atoms with Gasteiger partial charge in [-0.15, -0.1) is 0 Å². The van der Waals surface area contributed by atoms with Crippen LogP contribution in [0.2, 0.25) is 0 Å². The molecular formula is C17H19Br2NO. The molecule has 0 spiro atoms. The van der Waals surface area contributed by atoms with Crippen molar-refractivity contribution in [2.75, 3.05) is 6.61 Å². The van der Waals surface area contributed by atoms with E-state index in [1.54, 1.807) is 0 Å². The molecule has 0 heterocycles. The molecule has 2 rings (SSSR count). The summed E-state index contributed by atoms with van der Waals surface area (Å²) in [5, 5.41) is 0. The van der Waals surface area contributed by atoms with Crippen molar-refractivity contribution in [3.63, 3.8) is 0 Å². The van der Waals surface area contributed by atoms with E-state index in [1.165, 1.54) is 5.56 Å². The molecule has 0 bridgehead atoms. The van der Waals surface area contributed by atoms with Crippen LogP contribution in [0.1, 0.15) is 36.1 Å². The van der Waals surface area contributed by atoms with E-state index in [0.717, 1.165) is 38.8 Å². The van der Waals surface area contributed by atoms with Crippen molar-refractivity contribution in [3.8, 4) is 5.75 Å². The van der Waals surface area contributed by atoms with E-state index in [1.807, 2.05) is 24.3 Å². The van der Waals surface area contributed by atoms with Crippen LogP contribution in [0.15, 0.2) is 45.3 Å². The Morgan fingerprint density at radius 2 is 1.90 bits per heavy atom. The molecule has 2 aromatic carbocycles. The molecule has 0 aliphatic heterocycles. The Balaban J connectivity index is 2.27. The topological polar surface area (TPSA) is 35.2 Å². The average Bonchev–Trinajstić information content (AvgIpc) is 2.45. The number of nitrogens with two attached hydrogens (primary N) is 1. The van der Waals surface area contributed by atoms with E-state index in [-0.39, 0.29) is 6.04 Å². The average molecular weight is 413 g/mol. The molecule has 2 aromatic rings. The maximum atomic E-state index is 6.41. The van der Waals surface area contributed by atoms with Gasteiger partial charge < -0.3 is 10.5 Å². The summed E-state index contributed by atoms with van der Waals surface area (Å²) in [7, 11) is 0. The minimum atomic E-state index is -0.144. The SMILES string of the molecule is CCCOc1ccc(C(N)c2ccc(Br)cc2C)cc1Br. The second-order valence-electron chi connectivity index (χ2n) is 5.02. The summed E-state index contributed by atoms with van der Waals surface area (Å²) in [5.74, 6) is 0.861. The van der Waals surface area contributed by atoms with Gasteiger partial charge in [0.25, 0.3) is 0 Å². The first-order chi connectivity index (χ1) is 10.0. The lowest BCUT2D eigenvalue weighted by Crippen LogP contribution is -2.13. The standard InChI is InChI=1S/C17H19Br2NO/c1-3-8-21-16-7-4-12(10-15(16)19)17(20)14-6-5-13(18)9-11(14)2/h4-7,9-10,17H,3,8,20H2,1-2H3. The monoisotopic (exact) mass is 411 g/mol. The van der Waals surface area contributed by atoms with Crippen LogP contribution >= 0.6 is 31.9 Å². The molecule has 0 aliphatic carbocycles. The molecule has 0 radical (unpaired) electrons. The number of aryl methyl sites for hydroxylation is 1. The fourth-order valence-electron chi connectivity index (χ4n) is 2.21. The summed E-state index contributed by atoms with van der Waals surface area (Å²) in [6, 6.07) is 12.1. The van der Waals surface area contributed by atoms with Crippen LogP contribution in [-0.2, 0) is 0 Å². The Morgan fingerprint density at radius 1 is 1.14 bits per heavy atom. The molecule has 2 nitrogen and oxygen atoms in total. The predicted molar refractivity (Wildman–Crippen MR) is 94.8 cm³/mol. The molecule has 0 saturated carbocycles. The van der Waals surface area contributed by atoms with Crippen molar-refractivity contribution in [1.82, 2.24) is 0 Å². The molecule has 1 atom stereocenters. The largest absolute Gasteiger partial charge is 0.492 e. The molecule has 0 aliphatic rings. The van der Waals surface area contributed by atoms with Gasteiger partial charge >= 0.3 is 0 Å². The summed E-state index contributed by atoms with van der Waals surface area (Å²) in [4.78, 5) is 0. The Kier molecular flexibility index (Phi) is 5.85. The normalized spacial score (nSPS) is 12.2. The van der Waals surface area contributed by atoms with Crippen LogP contribution in [0.5, 0.6) is 5.75 Å². The predicted octanol–water partition coefficient (Wildman–Crippen LogP) is 5.36. The fourth-order valence-corrected chi connectivity index (χ4v) is 3.19. The molecule has 4 heteroatoms.